The van der Waals surface area contributed by atoms with E-state index in [9.17, 15) is 0 Å². The van der Waals surface area contributed by atoms with Crippen molar-refractivity contribution in [1.29, 1.82) is 0 Å². The van der Waals surface area contributed by atoms with Crippen molar-refractivity contribution < 1.29 is 18.9 Å². The smallest absolute Gasteiger partial charge is 0.0933 e. The lowest BCUT2D eigenvalue weighted by molar-refractivity contribution is -0.0289. The summed E-state index contributed by atoms with van der Waals surface area (Å²) >= 11 is 0. The lowest BCUT2D eigenvalue weighted by Crippen LogP contribution is -2.34. The molecule has 0 spiro atoms. The Morgan fingerprint density at radius 1 is 1.06 bits per heavy atom. The molecule has 1 aliphatic rings. The van der Waals surface area contributed by atoms with Crippen molar-refractivity contribution in [3.63, 3.8) is 0 Å². The predicted molar refractivity (Wildman–Crippen MR) is 70.0 cm³/mol. The molecule has 1 unspecified atom stereocenters. The molecule has 0 saturated heterocycles. The second kappa shape index (κ2) is 10.7. The SMILES string of the molecule is COCCCOCCOC(CNC1CC1)COC. The van der Waals surface area contributed by atoms with Gasteiger partial charge in [0, 0.05) is 40.0 Å². The highest BCUT2D eigenvalue weighted by molar-refractivity contribution is 4.82. The van der Waals surface area contributed by atoms with Crippen LogP contribution in [0.25, 0.3) is 0 Å². The van der Waals surface area contributed by atoms with Crippen LogP contribution in [0, 0.1) is 0 Å². The summed E-state index contributed by atoms with van der Waals surface area (Å²) in [5.41, 5.74) is 0. The minimum absolute atomic E-state index is 0.123. The zero-order valence-electron chi connectivity index (χ0n) is 11.7. The van der Waals surface area contributed by atoms with Crippen LogP contribution in [0.15, 0.2) is 0 Å². The number of nitrogens with one attached hydrogen (secondary N) is 1. The summed E-state index contributed by atoms with van der Waals surface area (Å²) in [6, 6.07) is 0.707. The largest absolute Gasteiger partial charge is 0.385 e. The molecule has 1 N–H and O–H groups in total. The van der Waals surface area contributed by atoms with Gasteiger partial charge < -0.3 is 24.3 Å². The van der Waals surface area contributed by atoms with Crippen molar-refractivity contribution >= 4 is 0 Å². The Morgan fingerprint density at radius 2 is 1.89 bits per heavy atom. The summed E-state index contributed by atoms with van der Waals surface area (Å²) in [4.78, 5) is 0. The molecule has 0 aromatic carbocycles. The second-order valence-corrected chi connectivity index (χ2v) is 4.59. The molecule has 1 fully saturated rings. The van der Waals surface area contributed by atoms with Gasteiger partial charge in [0.2, 0.25) is 0 Å². The number of hydrogen-bond acceptors (Lipinski definition) is 5. The Bertz CT molecular complexity index is 188. The predicted octanol–water partition coefficient (Wildman–Crippen LogP) is 0.823. The Morgan fingerprint density at radius 3 is 2.56 bits per heavy atom. The molecule has 1 rings (SSSR count). The average molecular weight is 261 g/mol. The van der Waals surface area contributed by atoms with Gasteiger partial charge in [-0.05, 0) is 19.3 Å². The number of methoxy groups -OCH3 is 2. The molecule has 0 aliphatic heterocycles. The maximum absolute atomic E-state index is 5.72. The maximum Gasteiger partial charge on any atom is 0.0933 e. The van der Waals surface area contributed by atoms with Crippen molar-refractivity contribution in [2.75, 3.05) is 53.8 Å². The fourth-order valence-electron chi connectivity index (χ4n) is 1.62. The van der Waals surface area contributed by atoms with Gasteiger partial charge in [0.25, 0.3) is 0 Å². The van der Waals surface area contributed by atoms with Crippen LogP contribution >= 0.6 is 0 Å². The Labute approximate surface area is 110 Å². The molecule has 1 atom stereocenters. The van der Waals surface area contributed by atoms with Gasteiger partial charge in [-0.15, -0.1) is 0 Å². The topological polar surface area (TPSA) is 49.0 Å². The normalized spacial score (nSPS) is 17.0. The fraction of sp³-hybridized carbons (Fsp3) is 1.00. The van der Waals surface area contributed by atoms with Crippen LogP contribution in [0.3, 0.4) is 0 Å². The molecule has 0 radical (unpaired) electrons. The van der Waals surface area contributed by atoms with Crippen LogP contribution in [0.2, 0.25) is 0 Å². The third kappa shape index (κ3) is 8.83. The van der Waals surface area contributed by atoms with E-state index in [4.69, 9.17) is 18.9 Å². The average Bonchev–Trinajstić information content (AvgIpc) is 3.18. The molecular weight excluding hydrogens is 234 g/mol. The van der Waals surface area contributed by atoms with Crippen LogP contribution in [0.4, 0.5) is 0 Å². The summed E-state index contributed by atoms with van der Waals surface area (Å²) in [6.45, 7) is 4.22. The zero-order valence-corrected chi connectivity index (χ0v) is 11.7. The van der Waals surface area contributed by atoms with Gasteiger partial charge in [-0.1, -0.05) is 0 Å². The van der Waals surface area contributed by atoms with E-state index in [1.807, 2.05) is 0 Å². The first-order chi connectivity index (χ1) is 8.86. The molecule has 18 heavy (non-hydrogen) atoms. The molecule has 0 aromatic heterocycles. The third-order valence-corrected chi connectivity index (χ3v) is 2.78. The van der Waals surface area contributed by atoms with Gasteiger partial charge >= 0.3 is 0 Å². The highest BCUT2D eigenvalue weighted by atomic mass is 16.5. The summed E-state index contributed by atoms with van der Waals surface area (Å²) in [7, 11) is 3.40. The van der Waals surface area contributed by atoms with Gasteiger partial charge in [0.15, 0.2) is 0 Å². The lowest BCUT2D eigenvalue weighted by atomic mass is 10.3. The molecule has 0 heterocycles. The summed E-state index contributed by atoms with van der Waals surface area (Å²) in [6.07, 6.45) is 3.64. The fourth-order valence-corrected chi connectivity index (χ4v) is 1.62. The van der Waals surface area contributed by atoms with Crippen molar-refractivity contribution in [3.05, 3.63) is 0 Å². The van der Waals surface area contributed by atoms with Crippen molar-refractivity contribution in [2.24, 2.45) is 0 Å². The van der Waals surface area contributed by atoms with E-state index in [-0.39, 0.29) is 6.10 Å². The minimum Gasteiger partial charge on any atom is -0.385 e. The highest BCUT2D eigenvalue weighted by Gasteiger charge is 2.22. The Balaban J connectivity index is 1.91. The van der Waals surface area contributed by atoms with E-state index in [2.05, 4.69) is 5.32 Å². The lowest BCUT2D eigenvalue weighted by Gasteiger charge is -2.17. The Kier molecular flexibility index (Phi) is 9.42. The van der Waals surface area contributed by atoms with Crippen molar-refractivity contribution in [1.82, 2.24) is 5.32 Å². The van der Waals surface area contributed by atoms with Crippen LogP contribution in [-0.4, -0.2) is 65.9 Å². The molecule has 108 valence electrons. The molecule has 0 aromatic rings. The molecule has 0 amide bonds. The number of hydrogen-bond donors (Lipinski definition) is 1. The summed E-state index contributed by atoms with van der Waals surface area (Å²) in [5.74, 6) is 0. The zero-order chi connectivity index (χ0) is 13.1. The van der Waals surface area contributed by atoms with E-state index in [1.54, 1.807) is 14.2 Å². The van der Waals surface area contributed by atoms with Crippen LogP contribution < -0.4 is 5.32 Å². The van der Waals surface area contributed by atoms with E-state index in [0.717, 1.165) is 26.2 Å². The van der Waals surface area contributed by atoms with Gasteiger partial charge in [-0.25, -0.2) is 0 Å². The molecule has 5 heteroatoms. The summed E-state index contributed by atoms with van der Waals surface area (Å²) < 4.78 is 21.2. The van der Waals surface area contributed by atoms with Crippen LogP contribution in [0.5, 0.6) is 0 Å². The quantitative estimate of drug-likeness (QED) is 0.498. The molecule has 0 bridgehead atoms. The molecular formula is C13H27NO4. The first-order valence-electron chi connectivity index (χ1n) is 6.77. The van der Waals surface area contributed by atoms with Crippen LogP contribution in [0.1, 0.15) is 19.3 Å². The molecule has 5 nitrogen and oxygen atoms in total. The number of ether oxygens (including phenoxy) is 4. The van der Waals surface area contributed by atoms with E-state index in [1.165, 1.54) is 12.8 Å². The Hall–Kier alpha value is -0.200. The van der Waals surface area contributed by atoms with Gasteiger partial charge in [-0.3, -0.25) is 0 Å². The van der Waals surface area contributed by atoms with E-state index in [0.29, 0.717) is 25.9 Å². The monoisotopic (exact) mass is 261 g/mol. The highest BCUT2D eigenvalue weighted by Crippen LogP contribution is 2.18. The maximum atomic E-state index is 5.72. The summed E-state index contributed by atoms with van der Waals surface area (Å²) in [5, 5.41) is 3.45. The van der Waals surface area contributed by atoms with Crippen molar-refractivity contribution in [2.45, 2.75) is 31.4 Å². The van der Waals surface area contributed by atoms with E-state index >= 15 is 0 Å². The first kappa shape index (κ1) is 15.9. The molecule has 1 aliphatic carbocycles. The standard InChI is InChI=1S/C13H27NO4/c1-15-6-3-7-17-8-9-18-13(11-16-2)10-14-12-4-5-12/h12-14H,3-11H2,1-2H3. The first-order valence-corrected chi connectivity index (χ1v) is 6.77. The number of rotatable bonds is 13. The van der Waals surface area contributed by atoms with Crippen molar-refractivity contribution in [3.8, 4) is 0 Å². The van der Waals surface area contributed by atoms with Gasteiger partial charge in [0.05, 0.1) is 25.9 Å². The van der Waals surface area contributed by atoms with E-state index < -0.39 is 0 Å². The van der Waals surface area contributed by atoms with Gasteiger partial charge in [-0.2, -0.15) is 0 Å². The second-order valence-electron chi connectivity index (χ2n) is 4.59. The minimum atomic E-state index is 0.123. The molecule has 1 saturated carbocycles. The van der Waals surface area contributed by atoms with Gasteiger partial charge in [0.1, 0.15) is 0 Å². The third-order valence-electron chi connectivity index (χ3n) is 2.78. The van der Waals surface area contributed by atoms with Crippen LogP contribution in [-0.2, 0) is 18.9 Å².